The molecule has 1 atom stereocenters. The van der Waals surface area contributed by atoms with Crippen molar-refractivity contribution >= 4 is 17.9 Å². The molecule has 0 unspecified atom stereocenters. The van der Waals surface area contributed by atoms with Crippen molar-refractivity contribution in [3.05, 3.63) is 65.5 Å². The first-order valence-corrected chi connectivity index (χ1v) is 8.56. The lowest BCUT2D eigenvalue weighted by Crippen LogP contribution is -2.41. The fourth-order valence-corrected chi connectivity index (χ4v) is 2.96. The first-order valence-electron chi connectivity index (χ1n) is 8.56. The molecule has 3 rings (SSSR count). The van der Waals surface area contributed by atoms with Gasteiger partial charge in [0.2, 0.25) is 0 Å². The van der Waals surface area contributed by atoms with Crippen LogP contribution in [0.3, 0.4) is 0 Å². The summed E-state index contributed by atoms with van der Waals surface area (Å²) in [5.74, 6) is -0.953. The van der Waals surface area contributed by atoms with Crippen LogP contribution in [0.1, 0.15) is 22.8 Å². The fraction of sp³-hybridized carbons (Fsp3) is 0.250. The lowest BCUT2D eigenvalue weighted by Gasteiger charge is -2.22. The van der Waals surface area contributed by atoms with Gasteiger partial charge in [-0.1, -0.05) is 18.2 Å². The minimum atomic E-state index is -1.27. The summed E-state index contributed by atoms with van der Waals surface area (Å²) in [5.41, 5.74) is -0.449. The van der Waals surface area contributed by atoms with Crippen LogP contribution >= 0.6 is 0 Å². The second-order valence-electron chi connectivity index (χ2n) is 6.39. The van der Waals surface area contributed by atoms with Gasteiger partial charge in [0.1, 0.15) is 23.7 Å². The van der Waals surface area contributed by atoms with Gasteiger partial charge in [-0.3, -0.25) is 9.69 Å². The maximum Gasteiger partial charge on any atom is 0.337 e. The van der Waals surface area contributed by atoms with Crippen molar-refractivity contribution in [3.63, 3.8) is 0 Å². The number of carbonyl (C=O) groups is 3. The van der Waals surface area contributed by atoms with Gasteiger partial charge in [0, 0.05) is 0 Å². The largest absolute Gasteiger partial charge is 0.492 e. The van der Waals surface area contributed by atoms with Crippen molar-refractivity contribution in [2.75, 3.05) is 20.3 Å². The van der Waals surface area contributed by atoms with E-state index in [2.05, 4.69) is 10.1 Å². The molecule has 0 aromatic heterocycles. The Morgan fingerprint density at radius 3 is 2.57 bits per heavy atom. The van der Waals surface area contributed by atoms with Gasteiger partial charge in [-0.25, -0.2) is 14.0 Å². The molecule has 1 saturated heterocycles. The van der Waals surface area contributed by atoms with E-state index in [1.54, 1.807) is 25.1 Å². The molecule has 28 heavy (non-hydrogen) atoms. The number of carbonyl (C=O) groups excluding carboxylic acids is 3. The summed E-state index contributed by atoms with van der Waals surface area (Å²) in [6, 6.07) is 11.2. The first-order chi connectivity index (χ1) is 13.3. The molecule has 146 valence electrons. The molecule has 1 fully saturated rings. The third-order valence-electron chi connectivity index (χ3n) is 4.54. The van der Waals surface area contributed by atoms with Gasteiger partial charge < -0.3 is 14.8 Å². The second-order valence-corrected chi connectivity index (χ2v) is 6.39. The number of benzene rings is 2. The van der Waals surface area contributed by atoms with E-state index in [-0.39, 0.29) is 13.2 Å². The molecule has 2 aromatic carbocycles. The van der Waals surface area contributed by atoms with Crippen molar-refractivity contribution in [1.29, 1.82) is 0 Å². The third kappa shape index (κ3) is 3.66. The third-order valence-corrected chi connectivity index (χ3v) is 4.54. The Hall–Kier alpha value is -3.42. The number of halogens is 1. The fourth-order valence-electron chi connectivity index (χ4n) is 2.96. The van der Waals surface area contributed by atoms with E-state index >= 15 is 0 Å². The molecule has 1 N–H and O–H groups in total. The molecule has 2 aromatic rings. The van der Waals surface area contributed by atoms with Crippen molar-refractivity contribution in [2.24, 2.45) is 0 Å². The van der Waals surface area contributed by atoms with E-state index in [9.17, 15) is 18.8 Å². The van der Waals surface area contributed by atoms with Crippen molar-refractivity contribution < 1.29 is 28.2 Å². The SMILES string of the molecule is COC(=O)c1cccc(OCCN2C(=O)N[C@](C)(c3ccc(F)cc3)C2=O)c1. The number of esters is 1. The zero-order valence-electron chi connectivity index (χ0n) is 15.4. The molecule has 0 radical (unpaired) electrons. The van der Waals surface area contributed by atoms with Crippen LogP contribution in [0.2, 0.25) is 0 Å². The minimum absolute atomic E-state index is 0.0178. The lowest BCUT2D eigenvalue weighted by atomic mass is 9.92. The summed E-state index contributed by atoms with van der Waals surface area (Å²) in [6.07, 6.45) is 0. The first kappa shape index (κ1) is 19.3. The number of amides is 3. The molecule has 1 heterocycles. The number of hydrogen-bond donors (Lipinski definition) is 1. The number of methoxy groups -OCH3 is 1. The van der Waals surface area contributed by atoms with Crippen LogP contribution in [0.15, 0.2) is 48.5 Å². The van der Waals surface area contributed by atoms with E-state index < -0.39 is 29.3 Å². The van der Waals surface area contributed by atoms with Gasteiger partial charge in [0.05, 0.1) is 19.2 Å². The summed E-state index contributed by atoms with van der Waals surface area (Å²) in [6.45, 7) is 1.63. The van der Waals surface area contributed by atoms with Gasteiger partial charge in [0.15, 0.2) is 0 Å². The highest BCUT2D eigenvalue weighted by Gasteiger charge is 2.48. The standard InChI is InChI=1S/C20H19FN2O5/c1-20(14-6-8-15(21)9-7-14)18(25)23(19(26)22-20)10-11-28-16-5-3-4-13(12-16)17(24)27-2/h3-9,12H,10-11H2,1-2H3,(H,22,26)/t20-/m1/s1. The summed E-state index contributed by atoms with van der Waals surface area (Å²) in [4.78, 5) is 37.7. The predicted molar refractivity (Wildman–Crippen MR) is 97.3 cm³/mol. The van der Waals surface area contributed by atoms with Gasteiger partial charge >= 0.3 is 12.0 Å². The molecular weight excluding hydrogens is 367 g/mol. The summed E-state index contributed by atoms with van der Waals surface area (Å²) >= 11 is 0. The zero-order chi connectivity index (χ0) is 20.3. The zero-order valence-corrected chi connectivity index (χ0v) is 15.4. The molecule has 7 nitrogen and oxygen atoms in total. The number of ether oxygens (including phenoxy) is 2. The topological polar surface area (TPSA) is 84.9 Å². The molecule has 3 amide bonds. The summed E-state index contributed by atoms with van der Waals surface area (Å²) < 4.78 is 23.4. The van der Waals surface area contributed by atoms with E-state index in [1.807, 2.05) is 0 Å². The normalized spacial score (nSPS) is 18.8. The van der Waals surface area contributed by atoms with Crippen LogP contribution < -0.4 is 10.1 Å². The Bertz CT molecular complexity index is 915. The van der Waals surface area contributed by atoms with Gasteiger partial charge in [-0.15, -0.1) is 0 Å². The molecule has 8 heteroatoms. The molecular formula is C20H19FN2O5. The van der Waals surface area contributed by atoms with Crippen LogP contribution in [0.25, 0.3) is 0 Å². The smallest absolute Gasteiger partial charge is 0.337 e. The Labute approximate surface area is 161 Å². The highest BCUT2D eigenvalue weighted by molar-refractivity contribution is 6.07. The van der Waals surface area contributed by atoms with Gasteiger partial charge in [-0.05, 0) is 42.8 Å². The Balaban J connectivity index is 1.65. The van der Waals surface area contributed by atoms with Crippen LogP contribution in [-0.4, -0.2) is 43.1 Å². The van der Waals surface area contributed by atoms with E-state index in [4.69, 9.17) is 4.74 Å². The van der Waals surface area contributed by atoms with Crippen LogP contribution in [0, 0.1) is 5.82 Å². The highest BCUT2D eigenvalue weighted by atomic mass is 19.1. The van der Waals surface area contributed by atoms with Gasteiger partial charge in [0.25, 0.3) is 5.91 Å². The van der Waals surface area contributed by atoms with Crippen LogP contribution in [0.4, 0.5) is 9.18 Å². The van der Waals surface area contributed by atoms with Crippen molar-refractivity contribution in [1.82, 2.24) is 10.2 Å². The highest BCUT2D eigenvalue weighted by Crippen LogP contribution is 2.28. The lowest BCUT2D eigenvalue weighted by molar-refractivity contribution is -0.131. The van der Waals surface area contributed by atoms with Crippen molar-refractivity contribution in [3.8, 4) is 5.75 Å². The van der Waals surface area contributed by atoms with Crippen LogP contribution in [-0.2, 0) is 15.1 Å². The molecule has 1 aliphatic heterocycles. The molecule has 1 aliphatic rings. The predicted octanol–water partition coefficient (Wildman–Crippen LogP) is 2.46. The minimum Gasteiger partial charge on any atom is -0.492 e. The number of hydrogen-bond acceptors (Lipinski definition) is 5. The molecule has 0 bridgehead atoms. The quantitative estimate of drug-likeness (QED) is 0.609. The number of urea groups is 1. The number of nitrogens with zero attached hydrogens (tertiary/aromatic N) is 1. The number of nitrogens with one attached hydrogen (secondary N) is 1. The van der Waals surface area contributed by atoms with Gasteiger partial charge in [-0.2, -0.15) is 0 Å². The Morgan fingerprint density at radius 2 is 1.89 bits per heavy atom. The molecule has 0 saturated carbocycles. The van der Waals surface area contributed by atoms with E-state index in [0.717, 1.165) is 4.90 Å². The maximum atomic E-state index is 13.1. The average Bonchev–Trinajstić information content (AvgIpc) is 2.92. The summed E-state index contributed by atoms with van der Waals surface area (Å²) in [7, 11) is 1.28. The number of imide groups is 1. The second kappa shape index (κ2) is 7.67. The summed E-state index contributed by atoms with van der Waals surface area (Å²) in [5, 5.41) is 2.64. The Kier molecular flexibility index (Phi) is 5.30. The Morgan fingerprint density at radius 1 is 1.18 bits per heavy atom. The van der Waals surface area contributed by atoms with Crippen molar-refractivity contribution in [2.45, 2.75) is 12.5 Å². The average molecular weight is 386 g/mol. The van der Waals surface area contributed by atoms with E-state index in [1.165, 1.54) is 37.4 Å². The maximum absolute atomic E-state index is 13.1. The van der Waals surface area contributed by atoms with E-state index in [0.29, 0.717) is 16.9 Å². The number of rotatable bonds is 6. The monoisotopic (exact) mass is 386 g/mol. The molecule has 0 aliphatic carbocycles. The molecule has 0 spiro atoms. The van der Waals surface area contributed by atoms with Crippen LogP contribution in [0.5, 0.6) is 5.75 Å².